The van der Waals surface area contributed by atoms with Gasteiger partial charge in [-0.1, -0.05) is 0 Å². The number of hydrogen-bond acceptors (Lipinski definition) is 3. The molecule has 20 heavy (non-hydrogen) atoms. The second kappa shape index (κ2) is 5.90. The van der Waals surface area contributed by atoms with Crippen LogP contribution >= 0.6 is 0 Å². The highest BCUT2D eigenvalue weighted by Crippen LogP contribution is 2.24. The monoisotopic (exact) mass is 281 g/mol. The lowest BCUT2D eigenvalue weighted by molar-refractivity contribution is -0.143. The molecule has 1 saturated heterocycles. The summed E-state index contributed by atoms with van der Waals surface area (Å²) in [5, 5.41) is 9.03. The smallest absolute Gasteiger partial charge is 0.308 e. The van der Waals surface area contributed by atoms with Crippen molar-refractivity contribution in [2.24, 2.45) is 5.92 Å². The van der Waals surface area contributed by atoms with E-state index in [2.05, 4.69) is 0 Å². The van der Waals surface area contributed by atoms with Gasteiger partial charge < -0.3 is 14.7 Å². The maximum atomic E-state index is 13.3. The van der Waals surface area contributed by atoms with Crippen LogP contribution in [0.5, 0.6) is 5.75 Å². The number of aliphatic carboxylic acids is 1. The summed E-state index contributed by atoms with van der Waals surface area (Å²) in [7, 11) is 1.40. The molecule has 5 nitrogen and oxygen atoms in total. The molecular formula is C14H16FNO4. The van der Waals surface area contributed by atoms with Crippen molar-refractivity contribution < 1.29 is 23.8 Å². The molecule has 1 atom stereocenters. The molecule has 0 radical (unpaired) electrons. The average Bonchev–Trinajstić information content (AvgIpc) is 2.46. The van der Waals surface area contributed by atoms with E-state index in [0.29, 0.717) is 19.4 Å². The van der Waals surface area contributed by atoms with Gasteiger partial charge in [0.15, 0.2) is 0 Å². The summed E-state index contributed by atoms with van der Waals surface area (Å²) in [6.45, 7) is 0.621. The Morgan fingerprint density at radius 2 is 2.20 bits per heavy atom. The fourth-order valence-corrected chi connectivity index (χ4v) is 2.38. The van der Waals surface area contributed by atoms with Crippen molar-refractivity contribution in [2.45, 2.75) is 12.8 Å². The van der Waals surface area contributed by atoms with E-state index in [1.165, 1.54) is 24.1 Å². The van der Waals surface area contributed by atoms with Gasteiger partial charge in [-0.3, -0.25) is 9.59 Å². The summed E-state index contributed by atoms with van der Waals surface area (Å²) in [5.74, 6) is -2.11. The number of methoxy groups -OCH3 is 1. The molecule has 1 amide bonds. The van der Waals surface area contributed by atoms with E-state index in [1.807, 2.05) is 0 Å². The Bertz CT molecular complexity index is 532. The number of rotatable bonds is 3. The van der Waals surface area contributed by atoms with Gasteiger partial charge >= 0.3 is 5.97 Å². The summed E-state index contributed by atoms with van der Waals surface area (Å²) in [4.78, 5) is 24.8. The third kappa shape index (κ3) is 2.89. The lowest BCUT2D eigenvalue weighted by Gasteiger charge is -2.31. The van der Waals surface area contributed by atoms with Crippen LogP contribution in [0.1, 0.15) is 23.2 Å². The zero-order chi connectivity index (χ0) is 14.7. The maximum absolute atomic E-state index is 13.3. The third-order valence-electron chi connectivity index (χ3n) is 3.45. The third-order valence-corrected chi connectivity index (χ3v) is 3.45. The minimum absolute atomic E-state index is 0.124. The van der Waals surface area contributed by atoms with Crippen molar-refractivity contribution in [3.8, 4) is 5.75 Å². The zero-order valence-electron chi connectivity index (χ0n) is 11.1. The zero-order valence-corrected chi connectivity index (χ0v) is 11.1. The average molecular weight is 281 g/mol. The van der Waals surface area contributed by atoms with Crippen molar-refractivity contribution in [1.82, 2.24) is 4.90 Å². The van der Waals surface area contributed by atoms with E-state index in [9.17, 15) is 14.0 Å². The number of carboxylic acids is 1. The summed E-state index contributed by atoms with van der Waals surface area (Å²) in [5.41, 5.74) is 0.124. The lowest BCUT2D eigenvalue weighted by Crippen LogP contribution is -2.42. The van der Waals surface area contributed by atoms with Crippen LogP contribution in [0.4, 0.5) is 4.39 Å². The first-order chi connectivity index (χ1) is 9.52. The Labute approximate surface area is 116 Å². The summed E-state index contributed by atoms with van der Waals surface area (Å²) >= 11 is 0. The van der Waals surface area contributed by atoms with Gasteiger partial charge in [-0.25, -0.2) is 4.39 Å². The number of nitrogens with zero attached hydrogens (tertiary/aromatic N) is 1. The van der Waals surface area contributed by atoms with Gasteiger partial charge in [0.1, 0.15) is 11.6 Å². The van der Waals surface area contributed by atoms with Gasteiger partial charge in [0.05, 0.1) is 18.6 Å². The van der Waals surface area contributed by atoms with Crippen molar-refractivity contribution in [1.29, 1.82) is 0 Å². The van der Waals surface area contributed by atoms with Crippen molar-refractivity contribution in [2.75, 3.05) is 20.2 Å². The summed E-state index contributed by atoms with van der Waals surface area (Å²) < 4.78 is 18.4. The van der Waals surface area contributed by atoms with Gasteiger partial charge in [0.2, 0.25) is 0 Å². The number of amides is 1. The fourth-order valence-electron chi connectivity index (χ4n) is 2.38. The van der Waals surface area contributed by atoms with Gasteiger partial charge in [-0.05, 0) is 31.0 Å². The van der Waals surface area contributed by atoms with Gasteiger partial charge in [0, 0.05) is 13.1 Å². The van der Waals surface area contributed by atoms with Crippen LogP contribution in [0.25, 0.3) is 0 Å². The Hall–Kier alpha value is -2.11. The molecule has 1 heterocycles. The van der Waals surface area contributed by atoms with Crippen LogP contribution in [0.2, 0.25) is 0 Å². The molecule has 0 aromatic heterocycles. The van der Waals surface area contributed by atoms with E-state index < -0.39 is 23.6 Å². The highest BCUT2D eigenvalue weighted by molar-refractivity contribution is 5.97. The second-order valence-corrected chi connectivity index (χ2v) is 4.77. The highest BCUT2D eigenvalue weighted by Gasteiger charge is 2.29. The number of carbonyl (C=O) groups is 2. The van der Waals surface area contributed by atoms with Crippen LogP contribution in [-0.2, 0) is 4.79 Å². The fraction of sp³-hybridized carbons (Fsp3) is 0.429. The number of carbonyl (C=O) groups excluding carboxylic acids is 1. The van der Waals surface area contributed by atoms with Gasteiger partial charge in [-0.2, -0.15) is 0 Å². The van der Waals surface area contributed by atoms with E-state index in [1.54, 1.807) is 0 Å². The number of piperidine rings is 1. The first-order valence-electron chi connectivity index (χ1n) is 6.38. The predicted octanol–water partition coefficient (Wildman–Crippen LogP) is 1.77. The minimum atomic E-state index is -0.909. The van der Waals surface area contributed by atoms with E-state index in [0.717, 1.165) is 6.07 Å². The normalized spacial score (nSPS) is 18.7. The molecule has 0 unspecified atom stereocenters. The molecule has 0 spiro atoms. The minimum Gasteiger partial charge on any atom is -0.496 e. The molecule has 6 heteroatoms. The first-order valence-corrected chi connectivity index (χ1v) is 6.38. The molecule has 1 N–H and O–H groups in total. The van der Waals surface area contributed by atoms with Crippen LogP contribution in [0.3, 0.4) is 0 Å². The van der Waals surface area contributed by atoms with Gasteiger partial charge in [0.25, 0.3) is 5.91 Å². The van der Waals surface area contributed by atoms with Crippen LogP contribution in [-0.4, -0.2) is 42.1 Å². The van der Waals surface area contributed by atoms with Crippen molar-refractivity contribution >= 4 is 11.9 Å². The number of likely N-dealkylation sites (tertiary alicyclic amines) is 1. The quantitative estimate of drug-likeness (QED) is 0.917. The Balaban J connectivity index is 2.22. The molecule has 108 valence electrons. The van der Waals surface area contributed by atoms with E-state index >= 15 is 0 Å². The van der Waals surface area contributed by atoms with Crippen LogP contribution < -0.4 is 4.74 Å². The molecular weight excluding hydrogens is 265 g/mol. The Kier molecular flexibility index (Phi) is 4.22. The van der Waals surface area contributed by atoms with E-state index in [-0.39, 0.29) is 17.9 Å². The molecule has 2 rings (SSSR count). The molecule has 1 fully saturated rings. The SMILES string of the molecule is COc1ccc(F)cc1C(=O)N1CCC[C@@H](C(=O)O)C1. The topological polar surface area (TPSA) is 66.8 Å². The van der Waals surface area contributed by atoms with Crippen molar-refractivity contribution in [3.05, 3.63) is 29.6 Å². The van der Waals surface area contributed by atoms with Crippen LogP contribution in [0.15, 0.2) is 18.2 Å². The molecule has 1 aromatic rings. The second-order valence-electron chi connectivity index (χ2n) is 4.77. The molecule has 0 saturated carbocycles. The Morgan fingerprint density at radius 1 is 1.45 bits per heavy atom. The largest absolute Gasteiger partial charge is 0.496 e. The van der Waals surface area contributed by atoms with E-state index in [4.69, 9.17) is 9.84 Å². The predicted molar refractivity (Wildman–Crippen MR) is 69.2 cm³/mol. The highest BCUT2D eigenvalue weighted by atomic mass is 19.1. The Morgan fingerprint density at radius 3 is 2.85 bits per heavy atom. The first kappa shape index (κ1) is 14.3. The molecule has 0 aliphatic carbocycles. The number of carboxylic acid groups (broad SMARTS) is 1. The van der Waals surface area contributed by atoms with Gasteiger partial charge in [-0.15, -0.1) is 0 Å². The molecule has 1 aromatic carbocycles. The van der Waals surface area contributed by atoms with Crippen molar-refractivity contribution in [3.63, 3.8) is 0 Å². The number of ether oxygens (including phenoxy) is 1. The number of hydrogen-bond donors (Lipinski definition) is 1. The van der Waals surface area contributed by atoms with Crippen LogP contribution in [0, 0.1) is 11.7 Å². The lowest BCUT2D eigenvalue weighted by atomic mass is 9.97. The number of benzene rings is 1. The molecule has 1 aliphatic heterocycles. The summed E-state index contributed by atoms with van der Waals surface area (Å²) in [6, 6.07) is 3.72. The number of halogens is 1. The molecule has 1 aliphatic rings. The molecule has 0 bridgehead atoms. The summed E-state index contributed by atoms with van der Waals surface area (Å²) in [6.07, 6.45) is 1.18. The maximum Gasteiger partial charge on any atom is 0.308 e. The standard InChI is InChI=1S/C14H16FNO4/c1-20-12-5-4-10(15)7-11(12)13(17)16-6-2-3-9(8-16)14(18)19/h4-5,7,9H,2-3,6,8H2,1H3,(H,18,19)/t9-/m1/s1.